The number of rotatable bonds is 7. The van der Waals surface area contributed by atoms with Crippen molar-refractivity contribution in [3.05, 3.63) is 58.7 Å². The van der Waals surface area contributed by atoms with Crippen LogP contribution in [0, 0.1) is 11.3 Å². The fraction of sp³-hybridized carbons (Fsp3) is 0.235. The lowest BCUT2D eigenvalue weighted by molar-refractivity contribution is -0.143. The molecule has 0 unspecified atom stereocenters. The molecule has 23 heavy (non-hydrogen) atoms. The topological polar surface area (TPSA) is 75.0 Å². The summed E-state index contributed by atoms with van der Waals surface area (Å²) in [5, 5.41) is 12.6. The minimum Gasteiger partial charge on any atom is -0.464 e. The van der Waals surface area contributed by atoms with Gasteiger partial charge in [-0.1, -0.05) is 23.7 Å². The minimum atomic E-state index is -0.270. The van der Waals surface area contributed by atoms with E-state index in [0.717, 1.165) is 5.56 Å². The summed E-state index contributed by atoms with van der Waals surface area (Å²) in [6.45, 7) is 0.615. The molecular weight excluding hydrogens is 314 g/mol. The first-order valence-electron chi connectivity index (χ1n) is 7.18. The van der Waals surface area contributed by atoms with Gasteiger partial charge in [-0.05, 0) is 36.2 Å². The Morgan fingerprint density at radius 3 is 3.00 bits per heavy atom. The number of carbonyl (C=O) groups is 1. The molecule has 0 saturated carbocycles. The van der Waals surface area contributed by atoms with Gasteiger partial charge in [-0.15, -0.1) is 0 Å². The number of carbonyl (C=O) groups excluding carboxylic acids is 1. The molecular formula is C17H16ClN3O2. The maximum absolute atomic E-state index is 11.7. The van der Waals surface area contributed by atoms with Crippen molar-refractivity contribution in [3.8, 4) is 6.07 Å². The van der Waals surface area contributed by atoms with Crippen LogP contribution in [-0.2, 0) is 16.0 Å². The quantitative estimate of drug-likeness (QED) is 0.623. The van der Waals surface area contributed by atoms with Crippen LogP contribution in [0.3, 0.4) is 0 Å². The molecule has 1 aromatic heterocycles. The van der Waals surface area contributed by atoms with Crippen molar-refractivity contribution in [1.29, 1.82) is 5.26 Å². The number of aromatic nitrogens is 1. The van der Waals surface area contributed by atoms with E-state index in [1.165, 1.54) is 0 Å². The van der Waals surface area contributed by atoms with Crippen LogP contribution in [0.15, 0.2) is 42.6 Å². The molecule has 0 bridgehead atoms. The Morgan fingerprint density at radius 1 is 1.35 bits per heavy atom. The van der Waals surface area contributed by atoms with E-state index in [0.29, 0.717) is 35.8 Å². The number of anilines is 1. The average molecular weight is 330 g/mol. The third-order valence-electron chi connectivity index (χ3n) is 3.09. The Morgan fingerprint density at radius 2 is 2.22 bits per heavy atom. The van der Waals surface area contributed by atoms with Crippen LogP contribution in [0.4, 0.5) is 5.82 Å². The average Bonchev–Trinajstić information content (AvgIpc) is 2.57. The van der Waals surface area contributed by atoms with E-state index in [-0.39, 0.29) is 12.6 Å². The SMILES string of the molecule is N#Cc1cccnc1NCCOC(=O)CCc1cccc(Cl)c1. The first-order chi connectivity index (χ1) is 11.2. The molecule has 1 heterocycles. The van der Waals surface area contributed by atoms with Crippen LogP contribution in [0.5, 0.6) is 0 Å². The van der Waals surface area contributed by atoms with Crippen LogP contribution < -0.4 is 5.32 Å². The van der Waals surface area contributed by atoms with Gasteiger partial charge < -0.3 is 10.1 Å². The van der Waals surface area contributed by atoms with E-state index in [2.05, 4.69) is 10.3 Å². The molecule has 0 aliphatic heterocycles. The summed E-state index contributed by atoms with van der Waals surface area (Å²) in [5.41, 5.74) is 1.46. The van der Waals surface area contributed by atoms with Gasteiger partial charge in [0.1, 0.15) is 18.5 Å². The molecule has 0 atom stereocenters. The zero-order chi connectivity index (χ0) is 16.5. The summed E-state index contributed by atoms with van der Waals surface area (Å²) in [7, 11) is 0. The maximum atomic E-state index is 11.7. The fourth-order valence-corrected chi connectivity index (χ4v) is 2.19. The number of aryl methyl sites for hydroxylation is 1. The molecule has 0 aliphatic carbocycles. The van der Waals surface area contributed by atoms with Gasteiger partial charge in [-0.25, -0.2) is 4.98 Å². The van der Waals surface area contributed by atoms with E-state index in [1.807, 2.05) is 24.3 Å². The summed E-state index contributed by atoms with van der Waals surface area (Å²) in [5.74, 6) is 0.221. The lowest BCUT2D eigenvalue weighted by Crippen LogP contribution is -2.15. The Balaban J connectivity index is 1.68. The highest BCUT2D eigenvalue weighted by Crippen LogP contribution is 2.12. The molecule has 0 radical (unpaired) electrons. The molecule has 2 aromatic rings. The molecule has 6 heteroatoms. The van der Waals surface area contributed by atoms with E-state index in [9.17, 15) is 4.79 Å². The molecule has 0 spiro atoms. The first-order valence-corrected chi connectivity index (χ1v) is 7.56. The van der Waals surface area contributed by atoms with Crippen LogP contribution in [0.2, 0.25) is 5.02 Å². The highest BCUT2D eigenvalue weighted by molar-refractivity contribution is 6.30. The Labute approximate surface area is 139 Å². The standard InChI is InChI=1S/C17H16ClN3O2/c18-15-5-1-3-13(11-15)6-7-16(22)23-10-9-21-17-14(12-19)4-2-8-20-17/h1-5,8,11H,6-7,9-10H2,(H,20,21). The Bertz CT molecular complexity index is 713. The molecule has 2 rings (SSSR count). The van der Waals surface area contributed by atoms with Gasteiger partial charge in [0.25, 0.3) is 0 Å². The van der Waals surface area contributed by atoms with Crippen molar-refractivity contribution in [2.75, 3.05) is 18.5 Å². The molecule has 0 aliphatic rings. The number of nitriles is 1. The second-order valence-electron chi connectivity index (χ2n) is 4.79. The number of hydrogen-bond donors (Lipinski definition) is 1. The summed E-state index contributed by atoms with van der Waals surface area (Å²) in [6, 6.07) is 12.8. The summed E-state index contributed by atoms with van der Waals surface area (Å²) in [6.07, 6.45) is 2.49. The van der Waals surface area contributed by atoms with E-state index in [1.54, 1.807) is 24.4 Å². The van der Waals surface area contributed by atoms with Crippen molar-refractivity contribution in [1.82, 2.24) is 4.98 Å². The monoisotopic (exact) mass is 329 g/mol. The minimum absolute atomic E-state index is 0.218. The third kappa shape index (κ3) is 5.61. The van der Waals surface area contributed by atoms with Crippen LogP contribution in [0.1, 0.15) is 17.5 Å². The van der Waals surface area contributed by atoms with E-state index in [4.69, 9.17) is 21.6 Å². The van der Waals surface area contributed by atoms with Gasteiger partial charge in [0, 0.05) is 17.6 Å². The van der Waals surface area contributed by atoms with Crippen molar-refractivity contribution in [2.24, 2.45) is 0 Å². The zero-order valence-electron chi connectivity index (χ0n) is 12.5. The van der Waals surface area contributed by atoms with E-state index < -0.39 is 0 Å². The van der Waals surface area contributed by atoms with Crippen molar-refractivity contribution in [2.45, 2.75) is 12.8 Å². The first kappa shape index (κ1) is 16.8. The molecule has 1 N–H and O–H groups in total. The summed E-state index contributed by atoms with van der Waals surface area (Å²) >= 11 is 5.89. The molecule has 0 saturated heterocycles. The van der Waals surface area contributed by atoms with Crippen molar-refractivity contribution < 1.29 is 9.53 Å². The van der Waals surface area contributed by atoms with Crippen LogP contribution in [-0.4, -0.2) is 24.1 Å². The number of nitrogens with zero attached hydrogens (tertiary/aromatic N) is 2. The number of esters is 1. The number of benzene rings is 1. The predicted octanol–water partition coefficient (Wildman–Crippen LogP) is 3.19. The molecule has 118 valence electrons. The predicted molar refractivity (Wildman–Crippen MR) is 88.2 cm³/mol. The molecule has 0 fully saturated rings. The zero-order valence-corrected chi connectivity index (χ0v) is 13.2. The van der Waals surface area contributed by atoms with Crippen molar-refractivity contribution >= 4 is 23.4 Å². The lowest BCUT2D eigenvalue weighted by Gasteiger charge is -2.08. The number of nitrogens with one attached hydrogen (secondary N) is 1. The van der Waals surface area contributed by atoms with Gasteiger partial charge in [-0.2, -0.15) is 5.26 Å². The molecule has 5 nitrogen and oxygen atoms in total. The normalized spacial score (nSPS) is 9.91. The maximum Gasteiger partial charge on any atom is 0.306 e. The van der Waals surface area contributed by atoms with E-state index >= 15 is 0 Å². The van der Waals surface area contributed by atoms with Gasteiger partial charge >= 0.3 is 5.97 Å². The van der Waals surface area contributed by atoms with Gasteiger partial charge in [0.2, 0.25) is 0 Å². The smallest absolute Gasteiger partial charge is 0.306 e. The second kappa shape index (κ2) is 8.76. The largest absolute Gasteiger partial charge is 0.464 e. The molecule has 0 amide bonds. The Hall–Kier alpha value is -2.58. The number of pyridine rings is 1. The third-order valence-corrected chi connectivity index (χ3v) is 3.33. The summed E-state index contributed by atoms with van der Waals surface area (Å²) < 4.78 is 5.14. The highest BCUT2D eigenvalue weighted by atomic mass is 35.5. The summed E-state index contributed by atoms with van der Waals surface area (Å²) in [4.78, 5) is 15.7. The molecule has 1 aromatic carbocycles. The van der Waals surface area contributed by atoms with Crippen LogP contribution >= 0.6 is 11.6 Å². The number of ether oxygens (including phenoxy) is 1. The number of halogens is 1. The Kier molecular flexibility index (Phi) is 6.40. The lowest BCUT2D eigenvalue weighted by atomic mass is 10.1. The van der Waals surface area contributed by atoms with Gasteiger partial charge in [0.15, 0.2) is 0 Å². The van der Waals surface area contributed by atoms with Gasteiger partial charge in [0.05, 0.1) is 12.1 Å². The van der Waals surface area contributed by atoms with Crippen molar-refractivity contribution in [3.63, 3.8) is 0 Å². The number of hydrogen-bond acceptors (Lipinski definition) is 5. The fourth-order valence-electron chi connectivity index (χ4n) is 1.98. The van der Waals surface area contributed by atoms with Crippen LogP contribution in [0.25, 0.3) is 0 Å². The van der Waals surface area contributed by atoms with Gasteiger partial charge in [-0.3, -0.25) is 4.79 Å². The highest BCUT2D eigenvalue weighted by Gasteiger charge is 2.05. The second-order valence-corrected chi connectivity index (χ2v) is 5.22.